The van der Waals surface area contributed by atoms with Crippen molar-refractivity contribution in [2.24, 2.45) is 5.10 Å². The predicted octanol–water partition coefficient (Wildman–Crippen LogP) is 6.53. The molecule has 1 heterocycles. The molecule has 0 atom stereocenters. The molecule has 3 rings (SSSR count). The Morgan fingerprint density at radius 1 is 1.32 bits per heavy atom. The second kappa shape index (κ2) is 11.8. The molecule has 1 aromatic heterocycles. The van der Waals surface area contributed by atoms with Crippen molar-refractivity contribution < 1.29 is 22.7 Å². The summed E-state index contributed by atoms with van der Waals surface area (Å²) in [6.45, 7) is 4.00. The van der Waals surface area contributed by atoms with Crippen LogP contribution in [-0.4, -0.2) is 23.7 Å². The van der Waals surface area contributed by atoms with Crippen LogP contribution in [0.4, 0.5) is 24.0 Å². The molecule has 2 aromatic carbocycles. The molecule has 6 nitrogen and oxygen atoms in total. The van der Waals surface area contributed by atoms with Gasteiger partial charge in [0.2, 0.25) is 5.91 Å². The molecular weight excluding hydrogens is 648 g/mol. The first-order valence-electron chi connectivity index (χ1n) is 9.59. The lowest BCUT2D eigenvalue weighted by Crippen LogP contribution is -2.20. The van der Waals surface area contributed by atoms with E-state index in [1.807, 2.05) is 12.1 Å². The van der Waals surface area contributed by atoms with E-state index < -0.39 is 11.7 Å². The van der Waals surface area contributed by atoms with Crippen molar-refractivity contribution in [3.05, 3.63) is 79.3 Å². The quantitative estimate of drug-likeness (QED) is 0.118. The van der Waals surface area contributed by atoms with Crippen molar-refractivity contribution in [2.75, 3.05) is 11.9 Å². The van der Waals surface area contributed by atoms with E-state index in [4.69, 9.17) is 4.74 Å². The highest BCUT2D eigenvalue weighted by Gasteiger charge is 2.30. The number of anilines is 2. The van der Waals surface area contributed by atoms with E-state index >= 15 is 0 Å². The van der Waals surface area contributed by atoms with E-state index in [1.165, 1.54) is 29.7 Å². The molecule has 1 amide bonds. The zero-order chi connectivity index (χ0) is 24.7. The summed E-state index contributed by atoms with van der Waals surface area (Å²) in [6.07, 6.45) is -1.31. The summed E-state index contributed by atoms with van der Waals surface area (Å²) < 4.78 is 45.8. The molecule has 178 valence electrons. The number of carbonyl (C=O) groups excluding carboxylic acids is 1. The number of ether oxygens (including phenoxy) is 1. The SMILES string of the molecule is C=CCOc1c(Br)cc(/C=N\NC(=O)Cc2csc(Nc3cccc(C(F)(F)F)c3)n2)cc1I. The normalized spacial score (nSPS) is 11.4. The standard InChI is InChI=1S/C22H17BrF3IN4O2S/c1-2-6-33-20-17(23)7-13(8-18(20)27)11-28-31-19(32)10-16-12-34-21(30-16)29-15-5-3-4-14(9-15)22(24,25)26/h2-5,7-9,11-12H,1,6,10H2,(H,29,30)(H,31,32)/b28-11-. The van der Waals surface area contributed by atoms with Crippen LogP contribution in [0.1, 0.15) is 16.8 Å². The number of thiazole rings is 1. The van der Waals surface area contributed by atoms with Gasteiger partial charge in [-0.3, -0.25) is 4.79 Å². The lowest BCUT2D eigenvalue weighted by atomic mass is 10.2. The minimum atomic E-state index is -4.43. The molecule has 0 aliphatic carbocycles. The van der Waals surface area contributed by atoms with E-state index in [2.05, 4.69) is 65.9 Å². The van der Waals surface area contributed by atoms with Gasteiger partial charge in [-0.05, 0) is 74.4 Å². The lowest BCUT2D eigenvalue weighted by molar-refractivity contribution is -0.137. The summed E-state index contributed by atoms with van der Waals surface area (Å²) in [4.78, 5) is 16.4. The number of rotatable bonds is 9. The number of nitrogens with one attached hydrogen (secondary N) is 2. The van der Waals surface area contributed by atoms with Crippen LogP contribution in [0.2, 0.25) is 0 Å². The third-order valence-electron chi connectivity index (χ3n) is 4.10. The molecule has 2 N–H and O–H groups in total. The molecule has 0 aliphatic heterocycles. The van der Waals surface area contributed by atoms with E-state index in [-0.39, 0.29) is 18.0 Å². The van der Waals surface area contributed by atoms with Crippen LogP contribution < -0.4 is 15.5 Å². The predicted molar refractivity (Wildman–Crippen MR) is 139 cm³/mol. The maximum absolute atomic E-state index is 12.9. The molecule has 0 radical (unpaired) electrons. The number of aromatic nitrogens is 1. The van der Waals surface area contributed by atoms with Gasteiger partial charge in [-0.1, -0.05) is 18.7 Å². The van der Waals surface area contributed by atoms with Crippen LogP contribution in [0.5, 0.6) is 5.75 Å². The number of halogens is 5. The molecule has 0 saturated carbocycles. The van der Waals surface area contributed by atoms with Crippen molar-refractivity contribution in [3.63, 3.8) is 0 Å². The summed E-state index contributed by atoms with van der Waals surface area (Å²) in [5.41, 5.74) is 3.16. The van der Waals surface area contributed by atoms with Gasteiger partial charge in [-0.15, -0.1) is 11.3 Å². The molecule has 12 heteroatoms. The maximum atomic E-state index is 12.9. The minimum absolute atomic E-state index is 0.0341. The fourth-order valence-corrected chi connectivity index (χ4v) is 5.16. The number of hydrogen-bond donors (Lipinski definition) is 2. The smallest absolute Gasteiger partial charge is 0.416 e. The van der Waals surface area contributed by atoms with Gasteiger partial charge in [0.1, 0.15) is 12.4 Å². The van der Waals surface area contributed by atoms with Crippen LogP contribution in [0, 0.1) is 3.57 Å². The van der Waals surface area contributed by atoms with E-state index in [0.29, 0.717) is 23.2 Å². The third-order valence-corrected chi connectivity index (χ3v) is 6.30. The van der Waals surface area contributed by atoms with Crippen molar-refractivity contribution in [2.45, 2.75) is 12.6 Å². The summed E-state index contributed by atoms with van der Waals surface area (Å²) in [5.74, 6) is 0.312. The first-order chi connectivity index (χ1) is 16.2. The van der Waals surface area contributed by atoms with E-state index in [1.54, 1.807) is 11.5 Å². The third kappa shape index (κ3) is 7.53. The van der Waals surface area contributed by atoms with Gasteiger partial charge in [0, 0.05) is 11.1 Å². The van der Waals surface area contributed by atoms with Gasteiger partial charge < -0.3 is 10.1 Å². The van der Waals surface area contributed by atoms with Crippen LogP contribution in [-0.2, 0) is 17.4 Å². The summed E-state index contributed by atoms with van der Waals surface area (Å²) in [6, 6.07) is 8.48. The Labute approximate surface area is 219 Å². The molecule has 0 spiro atoms. The number of carbonyl (C=O) groups is 1. The second-order valence-electron chi connectivity index (χ2n) is 6.73. The summed E-state index contributed by atoms with van der Waals surface area (Å²) in [7, 11) is 0. The number of hydrogen-bond acceptors (Lipinski definition) is 6. The van der Waals surface area contributed by atoms with Crippen molar-refractivity contribution in [1.82, 2.24) is 10.4 Å². The van der Waals surface area contributed by atoms with Gasteiger partial charge in [-0.2, -0.15) is 18.3 Å². The van der Waals surface area contributed by atoms with Crippen LogP contribution in [0.25, 0.3) is 0 Å². The van der Waals surface area contributed by atoms with Gasteiger partial charge in [0.25, 0.3) is 0 Å². The van der Waals surface area contributed by atoms with E-state index in [9.17, 15) is 18.0 Å². The minimum Gasteiger partial charge on any atom is -0.487 e. The molecule has 3 aromatic rings. The Bertz CT molecular complexity index is 1190. The molecule has 34 heavy (non-hydrogen) atoms. The average molecular weight is 665 g/mol. The highest BCUT2D eigenvalue weighted by Crippen LogP contribution is 2.32. The Morgan fingerprint density at radius 3 is 2.82 bits per heavy atom. The highest BCUT2D eigenvalue weighted by molar-refractivity contribution is 14.1. The summed E-state index contributed by atoms with van der Waals surface area (Å²) >= 11 is 6.78. The van der Waals surface area contributed by atoms with Crippen molar-refractivity contribution >= 4 is 72.8 Å². The van der Waals surface area contributed by atoms with Crippen LogP contribution in [0.3, 0.4) is 0 Å². The number of nitrogens with zero attached hydrogens (tertiary/aromatic N) is 2. The van der Waals surface area contributed by atoms with E-state index in [0.717, 1.165) is 25.7 Å². The molecule has 0 fully saturated rings. The first-order valence-corrected chi connectivity index (χ1v) is 12.3. The molecule has 0 unspecified atom stereocenters. The van der Waals surface area contributed by atoms with Gasteiger partial charge >= 0.3 is 6.18 Å². The van der Waals surface area contributed by atoms with Crippen LogP contribution in [0.15, 0.2) is 64.0 Å². The van der Waals surface area contributed by atoms with Gasteiger partial charge in [-0.25, -0.2) is 10.4 Å². The fraction of sp³-hybridized carbons (Fsp3) is 0.136. The van der Waals surface area contributed by atoms with Gasteiger partial charge in [0.15, 0.2) is 5.13 Å². The topological polar surface area (TPSA) is 75.6 Å². The zero-order valence-corrected chi connectivity index (χ0v) is 21.9. The number of alkyl halides is 3. The number of amides is 1. The molecular formula is C22H17BrF3IN4O2S. The first kappa shape index (κ1) is 26.2. The number of benzene rings is 2. The Balaban J connectivity index is 1.55. The second-order valence-corrected chi connectivity index (χ2v) is 9.61. The Hall–Kier alpha value is -2.45. The van der Waals surface area contributed by atoms with Crippen LogP contribution >= 0.6 is 49.9 Å². The Morgan fingerprint density at radius 2 is 2.12 bits per heavy atom. The largest absolute Gasteiger partial charge is 0.487 e. The molecule has 0 aliphatic rings. The zero-order valence-electron chi connectivity index (χ0n) is 17.3. The maximum Gasteiger partial charge on any atom is 0.416 e. The molecule has 0 saturated heterocycles. The molecule has 0 bridgehead atoms. The Kier molecular flexibility index (Phi) is 9.08. The number of hydrazone groups is 1. The summed E-state index contributed by atoms with van der Waals surface area (Å²) in [5, 5.41) is 8.83. The average Bonchev–Trinajstić information content (AvgIpc) is 3.19. The lowest BCUT2D eigenvalue weighted by Gasteiger charge is -2.09. The van der Waals surface area contributed by atoms with Crippen molar-refractivity contribution in [1.29, 1.82) is 0 Å². The van der Waals surface area contributed by atoms with Crippen molar-refractivity contribution in [3.8, 4) is 5.75 Å². The monoisotopic (exact) mass is 664 g/mol. The fourth-order valence-electron chi connectivity index (χ4n) is 2.66. The van der Waals surface area contributed by atoms with Gasteiger partial charge in [0.05, 0.1) is 31.9 Å². The highest BCUT2D eigenvalue weighted by atomic mass is 127.